The molecule has 0 spiro atoms. The molecular formula is C14H12ORa6. The van der Waals surface area contributed by atoms with E-state index in [0.29, 0.717) is 257 Å². The van der Waals surface area contributed by atoms with Gasteiger partial charge < -0.3 is 0 Å². The first kappa shape index (κ1) is 22.7. The molecule has 1 aromatic heterocycles. The number of hydrogen-bond acceptors (Lipinski definition) is 1. The SMILES string of the molecule is Cc1[c]([RaH])[c]([RaH])[c]([RaH])c2c1oc1c(C)[c]([RaH])[c]([RaH])[c]([RaH])c12. The molecule has 0 N–H and O–H groups in total. The summed E-state index contributed by atoms with van der Waals surface area (Å²) in [4.78, 5) is 0. The fourth-order valence-electron chi connectivity index (χ4n) is 3.52. The Labute approximate surface area is 300 Å². The van der Waals surface area contributed by atoms with Crippen molar-refractivity contribution in [2.45, 2.75) is 13.8 Å². The summed E-state index contributed by atoms with van der Waals surface area (Å²) in [7, 11) is 0. The molecule has 3 aromatic rings. The average Bonchev–Trinajstić information content (AvgIpc) is 2.87. The molecule has 0 aliphatic carbocycles. The Bertz CT molecular complexity index is 851. The average molecular weight is 1550 g/mol. The Hall–Kier alpha value is 7.05. The third kappa shape index (κ3) is 4.27. The van der Waals surface area contributed by atoms with Crippen LogP contribution in [0.2, 0.25) is 0 Å². The molecule has 86 valence electrons. The normalized spacial score (nSPS) is 11.2. The molecule has 0 atom stereocenters. The van der Waals surface area contributed by atoms with Gasteiger partial charge in [-0.15, -0.1) is 0 Å². The van der Waals surface area contributed by atoms with Gasteiger partial charge in [0.05, 0.1) is 0 Å². The van der Waals surface area contributed by atoms with Crippen LogP contribution in [0.4, 0.5) is 0 Å². The molecule has 1 nitrogen and oxygen atoms in total. The Morgan fingerprint density at radius 2 is 0.857 bits per heavy atom. The van der Waals surface area contributed by atoms with Gasteiger partial charge in [0, 0.05) is 0 Å². The summed E-state index contributed by atoms with van der Waals surface area (Å²) in [6, 6.07) is 0. The van der Waals surface area contributed by atoms with Crippen LogP contribution >= 0.6 is 0 Å². The number of rotatable bonds is 0. The van der Waals surface area contributed by atoms with E-state index in [1.165, 1.54) is 22.3 Å². The van der Waals surface area contributed by atoms with Crippen molar-refractivity contribution >= 4 is 25.6 Å². The van der Waals surface area contributed by atoms with Gasteiger partial charge in [-0.3, -0.25) is 0 Å². The van der Waals surface area contributed by atoms with Crippen molar-refractivity contribution in [1.82, 2.24) is 0 Å². The summed E-state index contributed by atoms with van der Waals surface area (Å²) in [6.07, 6.45) is 0. The first-order valence-electron chi connectivity index (χ1n) is 7.66. The Morgan fingerprint density at radius 1 is 0.524 bits per heavy atom. The van der Waals surface area contributed by atoms with E-state index < -0.39 is 0 Å². The summed E-state index contributed by atoms with van der Waals surface area (Å²) in [5, 5.41) is 3.26. The molecule has 0 saturated carbocycles. The van der Waals surface area contributed by atoms with Gasteiger partial charge in [-0.1, -0.05) is 0 Å². The second-order valence-electron chi connectivity index (χ2n) is 6.51. The van der Waals surface area contributed by atoms with E-state index in [1.807, 2.05) is 2.42 Å². The Kier molecular flexibility index (Phi) is 10.2. The molecule has 0 unspecified atom stereocenters. The number of benzene rings is 2. The van der Waals surface area contributed by atoms with E-state index in [-0.39, 0.29) is 0 Å². The number of aryl methyl sites for hydroxylation is 2. The van der Waals surface area contributed by atoms with Gasteiger partial charge in [-0.25, -0.2) is 0 Å². The predicted octanol–water partition coefficient (Wildman–Crippen LogP) is -2.36. The van der Waals surface area contributed by atoms with Gasteiger partial charge in [0.15, 0.2) is 0 Å². The van der Waals surface area contributed by atoms with Crippen LogP contribution in [-0.2, 0) is 0 Å². The molecule has 7 heteroatoms. The van der Waals surface area contributed by atoms with E-state index in [1.54, 1.807) is 12.0 Å². The quantitative estimate of drug-likeness (QED) is 0.246. The fraction of sp³-hybridized carbons (Fsp3) is 0.143. The molecule has 0 radical (unpaired) electrons. The molecule has 2 aromatic carbocycles. The van der Waals surface area contributed by atoms with Crippen LogP contribution in [0, 0.1) is 271 Å². The van der Waals surface area contributed by atoms with E-state index in [9.17, 15) is 0 Å². The molecule has 0 fully saturated rings. The summed E-state index contributed by atoms with van der Waals surface area (Å²) in [5.41, 5.74) is 5.69. The van der Waals surface area contributed by atoms with Gasteiger partial charge >= 0.3 is 312 Å². The van der Waals surface area contributed by atoms with Crippen molar-refractivity contribution < 1.29 is 261 Å². The third-order valence-electron chi connectivity index (χ3n) is 5.71. The van der Waals surface area contributed by atoms with Crippen molar-refractivity contribution in [3.05, 3.63) is 11.1 Å². The number of furan rings is 1. The number of fused-ring (bicyclic) bond motifs is 3. The van der Waals surface area contributed by atoms with Crippen LogP contribution in [0.5, 0.6) is 0 Å². The zero-order chi connectivity index (χ0) is 15.6. The first-order valence-corrected chi connectivity index (χ1v) is 32.3. The molecule has 3 rings (SSSR count). The van der Waals surface area contributed by atoms with Crippen molar-refractivity contribution in [3.8, 4) is 0 Å². The standard InChI is InChI=1S/C14H6O.6Ra.6H/c1-9-5-3-7-11-12-8-4-6-10(2)14(12)15-13(9)11;;;;;;;;;;;;/h1-2H3;;;;;;;;;;;;. The summed E-state index contributed by atoms with van der Waals surface area (Å²) >= 11 is 2.81. The van der Waals surface area contributed by atoms with Crippen LogP contribution in [0.15, 0.2) is 4.42 Å². The second kappa shape index (κ2) is 9.46. The van der Waals surface area contributed by atoms with Crippen molar-refractivity contribution in [2.75, 3.05) is 0 Å². The van der Waals surface area contributed by atoms with Gasteiger partial charge in [0.1, 0.15) is 0 Å². The van der Waals surface area contributed by atoms with E-state index in [4.69, 9.17) is 4.42 Å². The molecule has 21 heavy (non-hydrogen) atoms. The predicted molar refractivity (Wildman–Crippen MR) is 69.4 cm³/mol. The summed E-state index contributed by atoms with van der Waals surface area (Å²) in [5.74, 6) is 0. The van der Waals surface area contributed by atoms with Gasteiger partial charge in [0.2, 0.25) is 0 Å². The van der Waals surface area contributed by atoms with Gasteiger partial charge in [0.25, 0.3) is 0 Å². The van der Waals surface area contributed by atoms with E-state index in [0.717, 1.165) is 0 Å². The maximum atomic E-state index is 6.55. The molecule has 1 heterocycles. The molecule has 0 bridgehead atoms. The molecular weight excluding hydrogens is 1540 g/mol. The zero-order valence-electron chi connectivity index (χ0n) is 14.4. The van der Waals surface area contributed by atoms with Crippen LogP contribution in [-0.4, -0.2) is 0 Å². The van der Waals surface area contributed by atoms with Gasteiger partial charge in [-0.2, -0.15) is 0 Å². The van der Waals surface area contributed by atoms with E-state index in [2.05, 4.69) is 13.8 Å². The van der Waals surface area contributed by atoms with Gasteiger partial charge in [-0.05, 0) is 0 Å². The van der Waals surface area contributed by atoms with Crippen molar-refractivity contribution in [2.24, 2.45) is 0 Å². The van der Waals surface area contributed by atoms with Crippen LogP contribution in [0.25, 0.3) is 21.9 Å². The van der Waals surface area contributed by atoms with Crippen LogP contribution in [0.1, 0.15) is 11.1 Å². The monoisotopic (exact) mass is 1550 g/mol. The summed E-state index contributed by atoms with van der Waals surface area (Å²) in [6.45, 7) is 4.69. The fourth-order valence-corrected chi connectivity index (χ4v) is 37.5. The Balaban J connectivity index is 2.73. The minimum atomic E-state index is 0.440. The molecule has 0 saturated heterocycles. The zero-order valence-corrected chi connectivity index (χ0v) is 63.7. The molecule has 0 amide bonds. The first-order chi connectivity index (χ1) is 9.77. The Morgan fingerprint density at radius 3 is 1.19 bits per heavy atom. The van der Waals surface area contributed by atoms with Crippen LogP contribution in [0.3, 0.4) is 0 Å². The second-order valence-corrected chi connectivity index (χ2v) is 31.2. The third-order valence-corrected chi connectivity index (χ3v) is 108. The maximum absolute atomic E-state index is 6.55. The summed E-state index contributed by atoms with van der Waals surface area (Å²) < 4.78 is 17.5. The molecule has 0 aliphatic heterocycles. The topological polar surface area (TPSA) is 13.1 Å². The molecule has 0 aliphatic rings. The van der Waals surface area contributed by atoms with E-state index >= 15 is 0 Å². The van der Waals surface area contributed by atoms with Crippen molar-refractivity contribution in [3.63, 3.8) is 0 Å². The van der Waals surface area contributed by atoms with Crippen molar-refractivity contribution in [1.29, 1.82) is 0 Å². The number of hydrogen-bond donors (Lipinski definition) is 0. The minimum absolute atomic E-state index is 0.440. The van der Waals surface area contributed by atoms with Crippen LogP contribution < -0.4 is 3.63 Å².